The Bertz CT molecular complexity index is 829. The lowest BCUT2D eigenvalue weighted by atomic mass is 10.3. The minimum Gasteiger partial charge on any atom is -0.337 e. The summed E-state index contributed by atoms with van der Waals surface area (Å²) in [5.74, 6) is -2.36. The number of benzene rings is 1. The van der Waals surface area contributed by atoms with Crippen molar-refractivity contribution in [2.75, 3.05) is 20.6 Å². The van der Waals surface area contributed by atoms with Gasteiger partial charge in [-0.15, -0.1) is 11.3 Å². The molecule has 8 nitrogen and oxygen atoms in total. The van der Waals surface area contributed by atoms with E-state index in [1.54, 1.807) is 7.05 Å². The van der Waals surface area contributed by atoms with Gasteiger partial charge in [0.1, 0.15) is 11.6 Å². The summed E-state index contributed by atoms with van der Waals surface area (Å²) < 4.78 is 1.02. The van der Waals surface area contributed by atoms with Gasteiger partial charge in [0.2, 0.25) is 5.91 Å². The fourth-order valence-electron chi connectivity index (χ4n) is 2.29. The van der Waals surface area contributed by atoms with Crippen LogP contribution in [0, 0.1) is 0 Å². The molecule has 1 aliphatic heterocycles. The van der Waals surface area contributed by atoms with Crippen molar-refractivity contribution in [1.29, 1.82) is 0 Å². The number of rotatable bonds is 4. The molecule has 3 rings (SSSR count). The Morgan fingerprint density at radius 2 is 1.92 bits per heavy atom. The third-order valence-corrected chi connectivity index (χ3v) is 4.70. The van der Waals surface area contributed by atoms with Crippen LogP contribution in [0.15, 0.2) is 24.3 Å². The van der Waals surface area contributed by atoms with E-state index < -0.39 is 30.3 Å². The molecular formula is C15H14N4O4S. The van der Waals surface area contributed by atoms with Crippen molar-refractivity contribution in [2.45, 2.75) is 6.54 Å². The van der Waals surface area contributed by atoms with Crippen molar-refractivity contribution in [2.24, 2.45) is 0 Å². The second kappa shape index (κ2) is 6.00. The van der Waals surface area contributed by atoms with E-state index in [9.17, 15) is 19.2 Å². The molecule has 2 aromatic rings. The van der Waals surface area contributed by atoms with Gasteiger partial charge in [0.05, 0.1) is 16.8 Å². The first-order valence-electron chi connectivity index (χ1n) is 7.10. The molecule has 1 saturated heterocycles. The monoisotopic (exact) mass is 346 g/mol. The lowest BCUT2D eigenvalue weighted by molar-refractivity contribution is -0.144. The number of hydrogen-bond acceptors (Lipinski definition) is 6. The highest BCUT2D eigenvalue weighted by Gasteiger charge is 2.43. The molecule has 0 N–H and O–H groups in total. The molecule has 0 spiro atoms. The number of fused-ring (bicyclic) bond motifs is 1. The Labute approximate surface area is 141 Å². The average Bonchev–Trinajstić information content (AvgIpc) is 3.05. The van der Waals surface area contributed by atoms with Gasteiger partial charge in [0, 0.05) is 14.1 Å². The third-order valence-electron chi connectivity index (χ3n) is 3.68. The summed E-state index contributed by atoms with van der Waals surface area (Å²) in [5.41, 5.74) is 0.857. The molecule has 1 aliphatic rings. The maximum Gasteiger partial charge on any atom is 0.334 e. The summed E-state index contributed by atoms with van der Waals surface area (Å²) in [6.45, 7) is -0.201. The minimum absolute atomic E-state index is 0.262. The highest BCUT2D eigenvalue weighted by atomic mass is 32.1. The maximum atomic E-state index is 12.2. The predicted octanol–water partition coefficient (Wildman–Crippen LogP) is 0.675. The molecule has 1 aromatic carbocycles. The number of amides is 5. The number of carbonyl (C=O) groups excluding carboxylic acids is 4. The molecule has 0 bridgehead atoms. The van der Waals surface area contributed by atoms with Crippen LogP contribution in [-0.2, 0) is 20.9 Å². The van der Waals surface area contributed by atoms with Crippen LogP contribution in [0.4, 0.5) is 4.79 Å². The van der Waals surface area contributed by atoms with Crippen LogP contribution in [0.3, 0.4) is 0 Å². The Kier molecular flexibility index (Phi) is 4.02. The highest BCUT2D eigenvalue weighted by Crippen LogP contribution is 2.22. The maximum absolute atomic E-state index is 12.2. The van der Waals surface area contributed by atoms with E-state index in [1.165, 1.54) is 23.3 Å². The highest BCUT2D eigenvalue weighted by molar-refractivity contribution is 7.18. The summed E-state index contributed by atoms with van der Waals surface area (Å²) in [6.07, 6.45) is 0. The van der Waals surface area contributed by atoms with Crippen LogP contribution in [0.2, 0.25) is 0 Å². The smallest absolute Gasteiger partial charge is 0.334 e. The van der Waals surface area contributed by atoms with Crippen LogP contribution in [0.1, 0.15) is 5.01 Å². The molecule has 0 aliphatic carbocycles. The third kappa shape index (κ3) is 2.73. The fourth-order valence-corrected chi connectivity index (χ4v) is 3.31. The van der Waals surface area contributed by atoms with Crippen molar-refractivity contribution in [1.82, 2.24) is 19.7 Å². The van der Waals surface area contributed by atoms with Gasteiger partial charge < -0.3 is 4.90 Å². The Morgan fingerprint density at radius 1 is 1.21 bits per heavy atom. The van der Waals surface area contributed by atoms with Crippen LogP contribution in [0.5, 0.6) is 0 Å². The number of imide groups is 2. The molecule has 0 radical (unpaired) electrons. The molecule has 5 amide bonds. The van der Waals surface area contributed by atoms with Crippen molar-refractivity contribution >= 4 is 45.3 Å². The van der Waals surface area contributed by atoms with Gasteiger partial charge in [-0.2, -0.15) is 0 Å². The van der Waals surface area contributed by atoms with Crippen molar-refractivity contribution in [3.05, 3.63) is 29.3 Å². The molecule has 1 fully saturated rings. The number of likely N-dealkylation sites (N-methyl/N-ethyl adjacent to an activating group) is 2. The zero-order valence-corrected chi connectivity index (χ0v) is 13.9. The Hall–Kier alpha value is -2.81. The lowest BCUT2D eigenvalue weighted by Gasteiger charge is -2.19. The molecule has 124 valence electrons. The first kappa shape index (κ1) is 16.1. The molecule has 0 unspecified atom stereocenters. The molecular weight excluding hydrogens is 332 g/mol. The summed E-state index contributed by atoms with van der Waals surface area (Å²) in [7, 11) is 2.77. The largest absolute Gasteiger partial charge is 0.337 e. The first-order valence-corrected chi connectivity index (χ1v) is 7.92. The van der Waals surface area contributed by atoms with E-state index in [4.69, 9.17) is 0 Å². The number of aromatic nitrogens is 1. The van der Waals surface area contributed by atoms with Gasteiger partial charge in [-0.3, -0.25) is 19.3 Å². The van der Waals surface area contributed by atoms with Crippen LogP contribution in [-0.4, -0.2) is 64.1 Å². The first-order chi connectivity index (χ1) is 11.4. The topological polar surface area (TPSA) is 90.9 Å². The zero-order valence-electron chi connectivity index (χ0n) is 13.1. The van der Waals surface area contributed by atoms with Crippen LogP contribution in [0.25, 0.3) is 10.2 Å². The van der Waals surface area contributed by atoms with Crippen molar-refractivity contribution in [3.8, 4) is 0 Å². The summed E-state index contributed by atoms with van der Waals surface area (Å²) in [4.78, 5) is 54.3. The van der Waals surface area contributed by atoms with E-state index in [2.05, 4.69) is 4.98 Å². The second-order valence-electron chi connectivity index (χ2n) is 5.36. The summed E-state index contributed by atoms with van der Waals surface area (Å²) >= 11 is 1.47. The van der Waals surface area contributed by atoms with E-state index in [0.717, 1.165) is 15.2 Å². The van der Waals surface area contributed by atoms with Gasteiger partial charge in [0.25, 0.3) is 0 Å². The Morgan fingerprint density at radius 3 is 2.54 bits per heavy atom. The lowest BCUT2D eigenvalue weighted by Crippen LogP contribution is -2.41. The number of carbonyl (C=O) groups is 4. The van der Waals surface area contributed by atoms with Gasteiger partial charge in [-0.05, 0) is 12.1 Å². The quantitative estimate of drug-likeness (QED) is 0.600. The average molecular weight is 346 g/mol. The molecule has 2 heterocycles. The molecule has 9 heteroatoms. The summed E-state index contributed by atoms with van der Waals surface area (Å²) in [6, 6.07) is 6.85. The van der Waals surface area contributed by atoms with Crippen molar-refractivity contribution in [3.63, 3.8) is 0 Å². The minimum atomic E-state index is -0.982. The van der Waals surface area contributed by atoms with E-state index in [1.807, 2.05) is 24.3 Å². The standard InChI is InChI=1S/C15H14N4O4S/c1-17(7-11-16-9-5-3-4-6-10(9)24-11)12(20)8-19-14(22)13(21)18(2)15(19)23/h3-6H,7-8H2,1-2H3. The van der Waals surface area contributed by atoms with Gasteiger partial charge >= 0.3 is 17.8 Å². The Balaban J connectivity index is 1.68. The number of urea groups is 1. The fraction of sp³-hybridized carbons (Fsp3) is 0.267. The summed E-state index contributed by atoms with van der Waals surface area (Å²) in [5, 5.41) is 0.749. The molecule has 0 atom stereocenters. The van der Waals surface area contributed by atoms with E-state index in [0.29, 0.717) is 9.80 Å². The van der Waals surface area contributed by atoms with E-state index in [-0.39, 0.29) is 6.54 Å². The van der Waals surface area contributed by atoms with Gasteiger partial charge in [-0.1, -0.05) is 12.1 Å². The van der Waals surface area contributed by atoms with Crippen LogP contribution < -0.4 is 0 Å². The van der Waals surface area contributed by atoms with E-state index >= 15 is 0 Å². The molecule has 0 saturated carbocycles. The molecule has 24 heavy (non-hydrogen) atoms. The number of hydrogen-bond donors (Lipinski definition) is 0. The van der Waals surface area contributed by atoms with Crippen LogP contribution >= 0.6 is 11.3 Å². The van der Waals surface area contributed by atoms with Gasteiger partial charge in [-0.25, -0.2) is 14.7 Å². The van der Waals surface area contributed by atoms with Crippen molar-refractivity contribution < 1.29 is 19.2 Å². The number of para-hydroxylation sites is 1. The number of nitrogens with zero attached hydrogens (tertiary/aromatic N) is 4. The normalized spacial score (nSPS) is 14.8. The van der Waals surface area contributed by atoms with Gasteiger partial charge in [0.15, 0.2) is 0 Å². The predicted molar refractivity (Wildman–Crippen MR) is 86.0 cm³/mol. The molecule has 1 aromatic heterocycles. The second-order valence-corrected chi connectivity index (χ2v) is 6.48. The SMILES string of the molecule is CN(Cc1nc2ccccc2s1)C(=O)CN1C(=O)C(=O)N(C)C1=O. The number of thiazole rings is 1. The zero-order chi connectivity index (χ0) is 17.4.